The number of rotatable bonds is 6. The van der Waals surface area contributed by atoms with Gasteiger partial charge in [0.2, 0.25) is 11.8 Å². The van der Waals surface area contributed by atoms with Gasteiger partial charge in [0.15, 0.2) is 0 Å². The molecular weight excluding hydrogens is 402 g/mol. The summed E-state index contributed by atoms with van der Waals surface area (Å²) in [6.45, 7) is 11.6. The molecule has 1 fully saturated rings. The third kappa shape index (κ3) is 6.35. The van der Waals surface area contributed by atoms with Crippen LogP contribution in [0.1, 0.15) is 45.6 Å². The summed E-state index contributed by atoms with van der Waals surface area (Å²) in [7, 11) is 0. The highest BCUT2D eigenvalue weighted by atomic mass is 16.5. The molecule has 6 nitrogen and oxygen atoms in total. The van der Waals surface area contributed by atoms with Crippen molar-refractivity contribution < 1.29 is 14.3 Å². The van der Waals surface area contributed by atoms with Crippen molar-refractivity contribution >= 4 is 11.8 Å². The van der Waals surface area contributed by atoms with Gasteiger partial charge in [-0.3, -0.25) is 14.5 Å². The van der Waals surface area contributed by atoms with Gasteiger partial charge in [0.1, 0.15) is 12.4 Å². The summed E-state index contributed by atoms with van der Waals surface area (Å²) in [4.78, 5) is 32.1. The highest BCUT2D eigenvalue weighted by molar-refractivity contribution is 5.79. The van der Waals surface area contributed by atoms with Crippen LogP contribution in [0.2, 0.25) is 0 Å². The van der Waals surface area contributed by atoms with E-state index >= 15 is 0 Å². The Hall–Kier alpha value is -2.34. The van der Waals surface area contributed by atoms with Crippen molar-refractivity contribution in [1.82, 2.24) is 14.7 Å². The van der Waals surface area contributed by atoms with E-state index in [-0.39, 0.29) is 23.7 Å². The molecule has 0 saturated carbocycles. The summed E-state index contributed by atoms with van der Waals surface area (Å²) < 4.78 is 6.09. The maximum Gasteiger partial charge on any atom is 0.236 e. The molecule has 6 heteroatoms. The van der Waals surface area contributed by atoms with Crippen molar-refractivity contribution in [3.63, 3.8) is 0 Å². The zero-order valence-corrected chi connectivity index (χ0v) is 20.0. The standard InChI is InChI=1S/C26H39N3O3/c1-4-14-27-18-23-10-7-8-12-24(23)32-16-9-11-22-19-29(26(31)20-27)15-13-21(22)17-25(30)28(5-2)6-3/h7-12,21-22H,4-6,13-20H2,1-3H3/t21-,22-/m0/s1. The van der Waals surface area contributed by atoms with Crippen LogP contribution in [0.15, 0.2) is 36.4 Å². The van der Waals surface area contributed by atoms with Crippen molar-refractivity contribution in [2.75, 3.05) is 45.9 Å². The Morgan fingerprint density at radius 1 is 1.16 bits per heavy atom. The molecule has 0 aliphatic carbocycles. The second kappa shape index (κ2) is 12.0. The summed E-state index contributed by atoms with van der Waals surface area (Å²) in [5.41, 5.74) is 1.11. The van der Waals surface area contributed by atoms with Gasteiger partial charge in [-0.1, -0.05) is 37.3 Å². The molecule has 2 bridgehead atoms. The molecule has 2 amide bonds. The van der Waals surface area contributed by atoms with E-state index in [0.717, 1.165) is 50.3 Å². The van der Waals surface area contributed by atoms with Gasteiger partial charge in [0, 0.05) is 44.7 Å². The van der Waals surface area contributed by atoms with Crippen molar-refractivity contribution in [2.45, 2.75) is 46.6 Å². The minimum absolute atomic E-state index is 0.173. The fraction of sp³-hybridized carbons (Fsp3) is 0.615. The fourth-order valence-electron chi connectivity index (χ4n) is 4.86. The van der Waals surface area contributed by atoms with E-state index in [1.807, 2.05) is 41.8 Å². The SMILES string of the molecule is CCCN1CC(=O)N2CC[C@@H](CC(=O)N(CC)CC)[C@@H](C=CCOc3ccccc3C1)C2. The van der Waals surface area contributed by atoms with Crippen molar-refractivity contribution in [3.8, 4) is 5.75 Å². The fourth-order valence-corrected chi connectivity index (χ4v) is 4.86. The molecule has 2 heterocycles. The zero-order chi connectivity index (χ0) is 22.9. The first-order valence-electron chi connectivity index (χ1n) is 12.2. The van der Waals surface area contributed by atoms with E-state index in [4.69, 9.17) is 4.74 Å². The Balaban J connectivity index is 1.80. The van der Waals surface area contributed by atoms with E-state index in [9.17, 15) is 9.59 Å². The normalized spacial score (nSPS) is 22.2. The van der Waals surface area contributed by atoms with Gasteiger partial charge in [-0.05, 0) is 51.1 Å². The number of carbonyl (C=O) groups excluding carboxylic acids is 2. The van der Waals surface area contributed by atoms with Crippen LogP contribution in [0.5, 0.6) is 5.75 Å². The first-order chi connectivity index (χ1) is 15.5. The number of hydrogen-bond donors (Lipinski definition) is 0. The highest BCUT2D eigenvalue weighted by Crippen LogP contribution is 2.29. The molecule has 32 heavy (non-hydrogen) atoms. The maximum absolute atomic E-state index is 13.2. The van der Waals surface area contributed by atoms with Gasteiger partial charge < -0.3 is 14.5 Å². The minimum Gasteiger partial charge on any atom is -0.489 e. The van der Waals surface area contributed by atoms with Crippen molar-refractivity contribution in [3.05, 3.63) is 42.0 Å². The van der Waals surface area contributed by atoms with Gasteiger partial charge in [0.25, 0.3) is 0 Å². The average molecular weight is 442 g/mol. The lowest BCUT2D eigenvalue weighted by Gasteiger charge is -2.38. The number of benzene rings is 1. The monoisotopic (exact) mass is 441 g/mol. The van der Waals surface area contributed by atoms with Crippen LogP contribution in [0, 0.1) is 11.8 Å². The van der Waals surface area contributed by atoms with E-state index in [1.165, 1.54) is 0 Å². The van der Waals surface area contributed by atoms with Gasteiger partial charge >= 0.3 is 0 Å². The largest absolute Gasteiger partial charge is 0.489 e. The second-order valence-corrected chi connectivity index (χ2v) is 8.88. The van der Waals surface area contributed by atoms with Crippen LogP contribution in [0.4, 0.5) is 0 Å². The summed E-state index contributed by atoms with van der Waals surface area (Å²) in [6.07, 6.45) is 6.64. The lowest BCUT2D eigenvalue weighted by Crippen LogP contribution is -2.48. The number of nitrogens with zero attached hydrogens (tertiary/aromatic N) is 3. The number of hydrogen-bond acceptors (Lipinski definition) is 4. The molecule has 0 N–H and O–H groups in total. The zero-order valence-electron chi connectivity index (χ0n) is 20.0. The Bertz CT molecular complexity index is 790. The molecule has 2 aliphatic rings. The van der Waals surface area contributed by atoms with Crippen LogP contribution in [0.3, 0.4) is 0 Å². The minimum atomic E-state index is 0.173. The lowest BCUT2D eigenvalue weighted by atomic mass is 9.82. The Morgan fingerprint density at radius 3 is 2.69 bits per heavy atom. The van der Waals surface area contributed by atoms with Crippen LogP contribution in [0.25, 0.3) is 0 Å². The van der Waals surface area contributed by atoms with E-state index < -0.39 is 0 Å². The van der Waals surface area contributed by atoms with Gasteiger partial charge in [-0.25, -0.2) is 0 Å². The van der Waals surface area contributed by atoms with E-state index in [0.29, 0.717) is 32.7 Å². The van der Waals surface area contributed by atoms with Gasteiger partial charge in [-0.2, -0.15) is 0 Å². The molecule has 1 aromatic rings. The quantitative estimate of drug-likeness (QED) is 0.634. The highest BCUT2D eigenvalue weighted by Gasteiger charge is 2.32. The van der Waals surface area contributed by atoms with E-state index in [2.05, 4.69) is 30.0 Å². The summed E-state index contributed by atoms with van der Waals surface area (Å²) in [5.74, 6) is 1.71. The first-order valence-corrected chi connectivity index (χ1v) is 12.2. The van der Waals surface area contributed by atoms with Gasteiger partial charge in [0.05, 0.1) is 6.54 Å². The summed E-state index contributed by atoms with van der Waals surface area (Å²) in [6, 6.07) is 8.10. The molecule has 0 radical (unpaired) electrons. The van der Waals surface area contributed by atoms with Gasteiger partial charge in [-0.15, -0.1) is 0 Å². The van der Waals surface area contributed by atoms with Crippen LogP contribution in [-0.2, 0) is 16.1 Å². The predicted molar refractivity (Wildman–Crippen MR) is 127 cm³/mol. The maximum atomic E-state index is 13.2. The molecule has 1 aromatic carbocycles. The van der Waals surface area contributed by atoms with Crippen molar-refractivity contribution in [1.29, 1.82) is 0 Å². The second-order valence-electron chi connectivity index (χ2n) is 8.88. The number of fused-ring (bicyclic) bond motifs is 3. The molecule has 3 rings (SSSR count). The lowest BCUT2D eigenvalue weighted by molar-refractivity contribution is -0.136. The predicted octanol–water partition coefficient (Wildman–Crippen LogP) is 3.57. The van der Waals surface area contributed by atoms with Crippen LogP contribution >= 0.6 is 0 Å². The molecule has 0 unspecified atom stereocenters. The third-order valence-corrected chi connectivity index (χ3v) is 6.70. The van der Waals surface area contributed by atoms with Crippen molar-refractivity contribution in [2.24, 2.45) is 11.8 Å². The smallest absolute Gasteiger partial charge is 0.236 e. The first kappa shape index (κ1) is 24.3. The Kier molecular flexibility index (Phi) is 9.15. The number of ether oxygens (including phenoxy) is 1. The number of amides is 2. The molecule has 176 valence electrons. The van der Waals surface area contributed by atoms with Crippen LogP contribution in [-0.4, -0.2) is 72.4 Å². The van der Waals surface area contributed by atoms with E-state index in [1.54, 1.807) is 0 Å². The molecular formula is C26H39N3O3. The number of para-hydroxylation sites is 1. The van der Waals surface area contributed by atoms with Crippen LogP contribution < -0.4 is 4.74 Å². The molecule has 2 atom stereocenters. The number of piperidine rings is 1. The molecule has 0 aromatic heterocycles. The molecule has 2 aliphatic heterocycles. The topological polar surface area (TPSA) is 53.1 Å². The third-order valence-electron chi connectivity index (χ3n) is 6.70. The summed E-state index contributed by atoms with van der Waals surface area (Å²) in [5, 5.41) is 0. The Labute approximate surface area is 193 Å². The summed E-state index contributed by atoms with van der Waals surface area (Å²) >= 11 is 0. The Morgan fingerprint density at radius 2 is 1.94 bits per heavy atom. The molecule has 1 saturated heterocycles. The number of carbonyl (C=O) groups is 2. The molecule has 0 spiro atoms. The average Bonchev–Trinajstić information content (AvgIpc) is 2.79.